The number of para-hydroxylation sites is 1. The predicted octanol–water partition coefficient (Wildman–Crippen LogP) is 17.6. The number of nitrogens with zero attached hydrogens (tertiary/aromatic N) is 1. The van der Waals surface area contributed by atoms with Crippen LogP contribution in [0.15, 0.2) is 224 Å². The Bertz CT molecular complexity index is 3460. The van der Waals surface area contributed by atoms with Crippen LogP contribution in [0.3, 0.4) is 0 Å². The highest BCUT2D eigenvalue weighted by Crippen LogP contribution is 2.55. The van der Waals surface area contributed by atoms with E-state index < -0.39 is 0 Å². The summed E-state index contributed by atoms with van der Waals surface area (Å²) in [7, 11) is 0. The van der Waals surface area contributed by atoms with Crippen molar-refractivity contribution in [3.8, 4) is 66.8 Å². The van der Waals surface area contributed by atoms with Gasteiger partial charge in [0, 0.05) is 27.8 Å². The number of anilines is 3. The van der Waals surface area contributed by atoms with Crippen molar-refractivity contribution in [2.24, 2.45) is 0 Å². The van der Waals surface area contributed by atoms with Crippen molar-refractivity contribution >= 4 is 27.8 Å². The highest BCUT2D eigenvalue weighted by molar-refractivity contribution is 6.07. The van der Waals surface area contributed by atoms with Crippen molar-refractivity contribution in [2.45, 2.75) is 38.5 Å². The third-order valence-corrected chi connectivity index (χ3v) is 14.5. The first kappa shape index (κ1) is 38.9. The second-order valence-electron chi connectivity index (χ2n) is 18.8. The van der Waals surface area contributed by atoms with Crippen molar-refractivity contribution in [2.75, 3.05) is 4.90 Å². The van der Waals surface area contributed by atoms with Crippen molar-refractivity contribution < 1.29 is 0 Å². The average Bonchev–Trinajstić information content (AvgIpc) is 3.74. The van der Waals surface area contributed by atoms with Gasteiger partial charge < -0.3 is 4.90 Å². The van der Waals surface area contributed by atoms with E-state index in [9.17, 15) is 0 Å². The van der Waals surface area contributed by atoms with Gasteiger partial charge in [0.15, 0.2) is 0 Å². The maximum atomic E-state index is 2.46. The maximum Gasteiger partial charge on any atom is 0.0540 e. The zero-order chi connectivity index (χ0) is 43.9. The summed E-state index contributed by atoms with van der Waals surface area (Å²) < 4.78 is 0. The molecule has 10 aromatic carbocycles. The van der Waals surface area contributed by atoms with Crippen molar-refractivity contribution in [3.63, 3.8) is 0 Å². The minimum Gasteiger partial charge on any atom is -0.310 e. The first-order valence-electron chi connectivity index (χ1n) is 22.9. The fraction of sp³-hybridized carbons (Fsp3) is 0.0938. The van der Waals surface area contributed by atoms with Crippen LogP contribution in [-0.4, -0.2) is 0 Å². The van der Waals surface area contributed by atoms with Gasteiger partial charge in [0.2, 0.25) is 0 Å². The van der Waals surface area contributed by atoms with E-state index >= 15 is 0 Å². The number of rotatable bonds is 7. The molecule has 2 aliphatic carbocycles. The van der Waals surface area contributed by atoms with Gasteiger partial charge in [0.05, 0.1) is 5.69 Å². The summed E-state index contributed by atoms with van der Waals surface area (Å²) in [5.41, 5.74) is 23.9. The minimum absolute atomic E-state index is 0.0994. The molecular weight excluding hydrogens is 783 g/mol. The van der Waals surface area contributed by atoms with Crippen LogP contribution in [0.4, 0.5) is 17.1 Å². The molecule has 0 amide bonds. The van der Waals surface area contributed by atoms with Crippen LogP contribution >= 0.6 is 0 Å². The summed E-state index contributed by atoms with van der Waals surface area (Å²) in [6.45, 7) is 9.48. The van der Waals surface area contributed by atoms with Crippen molar-refractivity contribution in [3.05, 3.63) is 247 Å². The fourth-order valence-electron chi connectivity index (χ4n) is 11.4. The Balaban J connectivity index is 1.02. The van der Waals surface area contributed by atoms with E-state index in [0.29, 0.717) is 0 Å². The number of hydrogen-bond donors (Lipinski definition) is 0. The van der Waals surface area contributed by atoms with E-state index in [1.165, 1.54) is 99.8 Å². The fourth-order valence-corrected chi connectivity index (χ4v) is 11.4. The van der Waals surface area contributed by atoms with Crippen LogP contribution in [0, 0.1) is 0 Å². The van der Waals surface area contributed by atoms with Crippen LogP contribution in [-0.2, 0) is 10.8 Å². The Morgan fingerprint density at radius 1 is 0.292 bits per heavy atom. The lowest BCUT2D eigenvalue weighted by Gasteiger charge is -2.29. The lowest BCUT2D eigenvalue weighted by atomic mass is 9.79. The zero-order valence-corrected chi connectivity index (χ0v) is 37.3. The maximum absolute atomic E-state index is 2.46. The summed E-state index contributed by atoms with van der Waals surface area (Å²) in [6.07, 6.45) is 0. The molecule has 0 saturated carbocycles. The molecule has 310 valence electrons. The third-order valence-electron chi connectivity index (χ3n) is 14.5. The standard InChI is InChI=1S/C64H49N/c1-63(2)57-31-12-9-24-55(57)61-53(28-17-32-58(61)63)52-23-10-13-33-59(52)65(47-40-36-44(37-41-47)50-27-16-29-54-51-22-8-11-30-56(51)64(3,4)62(50)54)46-38-34-43(35-39-46)49-26-15-21-45-20-14-25-48(60(45)49)42-18-6-5-7-19-42/h5-41H,1-4H3. The minimum atomic E-state index is -0.108. The van der Waals surface area contributed by atoms with E-state index in [1.807, 2.05) is 0 Å². The van der Waals surface area contributed by atoms with Gasteiger partial charge in [-0.25, -0.2) is 0 Å². The first-order chi connectivity index (χ1) is 31.8. The Labute approximate surface area is 383 Å². The second kappa shape index (κ2) is 14.9. The van der Waals surface area contributed by atoms with Crippen LogP contribution in [0.5, 0.6) is 0 Å². The van der Waals surface area contributed by atoms with Crippen LogP contribution in [0.1, 0.15) is 49.9 Å². The van der Waals surface area contributed by atoms with Gasteiger partial charge in [0.25, 0.3) is 0 Å². The number of benzene rings is 10. The molecule has 0 aliphatic heterocycles. The lowest BCUT2D eigenvalue weighted by molar-refractivity contribution is 0.660. The zero-order valence-electron chi connectivity index (χ0n) is 37.3. The molecule has 65 heavy (non-hydrogen) atoms. The summed E-state index contributed by atoms with van der Waals surface area (Å²) in [5, 5.41) is 2.51. The molecule has 0 saturated heterocycles. The van der Waals surface area contributed by atoms with Crippen LogP contribution < -0.4 is 4.90 Å². The van der Waals surface area contributed by atoms with Crippen LogP contribution in [0.2, 0.25) is 0 Å². The molecule has 0 heterocycles. The number of hydrogen-bond acceptors (Lipinski definition) is 1. The third kappa shape index (κ3) is 6.06. The highest BCUT2D eigenvalue weighted by atomic mass is 15.1. The average molecular weight is 832 g/mol. The molecular formula is C64H49N. The highest BCUT2D eigenvalue weighted by Gasteiger charge is 2.38. The molecule has 0 unspecified atom stereocenters. The first-order valence-corrected chi connectivity index (χ1v) is 22.9. The quantitative estimate of drug-likeness (QED) is 0.155. The molecule has 0 aromatic heterocycles. The van der Waals surface area contributed by atoms with Gasteiger partial charge in [-0.1, -0.05) is 222 Å². The predicted molar refractivity (Wildman–Crippen MR) is 276 cm³/mol. The summed E-state index contributed by atoms with van der Waals surface area (Å²) in [5.74, 6) is 0. The van der Waals surface area contributed by atoms with Gasteiger partial charge in [0.1, 0.15) is 0 Å². The molecule has 0 N–H and O–H groups in total. The molecule has 1 heteroatoms. The van der Waals surface area contributed by atoms with Gasteiger partial charge in [-0.3, -0.25) is 0 Å². The van der Waals surface area contributed by atoms with E-state index in [0.717, 1.165) is 17.1 Å². The largest absolute Gasteiger partial charge is 0.310 e. The van der Waals surface area contributed by atoms with Crippen molar-refractivity contribution in [1.29, 1.82) is 0 Å². The SMILES string of the molecule is CC1(C)c2ccccc2-c2c(-c3ccccc3N(c3ccc(-c4cccc5c4C(C)(C)c4ccccc4-5)cc3)c3ccc(-c4cccc5cccc(-c6ccccc6)c45)cc3)cccc21. The molecule has 1 nitrogen and oxygen atoms in total. The summed E-state index contributed by atoms with van der Waals surface area (Å²) >= 11 is 0. The van der Waals surface area contributed by atoms with Gasteiger partial charge in [-0.15, -0.1) is 0 Å². The normalized spacial score (nSPS) is 13.8. The van der Waals surface area contributed by atoms with Crippen molar-refractivity contribution in [1.82, 2.24) is 0 Å². The molecule has 2 aliphatic rings. The van der Waals surface area contributed by atoms with E-state index in [4.69, 9.17) is 0 Å². The Morgan fingerprint density at radius 2 is 0.738 bits per heavy atom. The molecule has 0 atom stereocenters. The molecule has 12 rings (SSSR count). The molecule has 0 bridgehead atoms. The molecule has 0 fully saturated rings. The molecule has 10 aromatic rings. The molecule has 0 spiro atoms. The smallest absolute Gasteiger partial charge is 0.0540 e. The molecule has 0 radical (unpaired) electrons. The summed E-state index contributed by atoms with van der Waals surface area (Å²) in [6, 6.07) is 83.2. The Morgan fingerprint density at radius 3 is 1.42 bits per heavy atom. The van der Waals surface area contributed by atoms with E-state index in [2.05, 4.69) is 257 Å². The van der Waals surface area contributed by atoms with Gasteiger partial charge in [-0.05, 0) is 125 Å². The monoisotopic (exact) mass is 831 g/mol. The van der Waals surface area contributed by atoms with Crippen LogP contribution in [0.25, 0.3) is 77.5 Å². The van der Waals surface area contributed by atoms with Gasteiger partial charge >= 0.3 is 0 Å². The second-order valence-corrected chi connectivity index (χ2v) is 18.8. The van der Waals surface area contributed by atoms with E-state index in [-0.39, 0.29) is 10.8 Å². The topological polar surface area (TPSA) is 3.24 Å². The Kier molecular flexibility index (Phi) is 8.94. The summed E-state index contributed by atoms with van der Waals surface area (Å²) in [4.78, 5) is 2.46. The lowest BCUT2D eigenvalue weighted by Crippen LogP contribution is -2.16. The Hall–Kier alpha value is -7.74. The van der Waals surface area contributed by atoms with E-state index in [1.54, 1.807) is 0 Å². The van der Waals surface area contributed by atoms with Gasteiger partial charge in [-0.2, -0.15) is 0 Å². The number of fused-ring (bicyclic) bond motifs is 7.